The number of aryl methyl sites for hydroxylation is 1. The molecule has 0 bridgehead atoms. The maximum Gasteiger partial charge on any atom is 0.0487 e. The summed E-state index contributed by atoms with van der Waals surface area (Å²) in [6.07, 6.45) is 4.44. The van der Waals surface area contributed by atoms with Crippen molar-refractivity contribution in [2.45, 2.75) is 6.92 Å². The lowest BCUT2D eigenvalue weighted by atomic mass is 10.0. The minimum atomic E-state index is 0.927. The summed E-state index contributed by atoms with van der Waals surface area (Å²) < 4.78 is 0. The average molecular weight is 271 g/mol. The molecule has 0 saturated heterocycles. The summed E-state index contributed by atoms with van der Waals surface area (Å²) in [7, 11) is 0. The van der Waals surface area contributed by atoms with Crippen molar-refractivity contribution in [1.82, 2.24) is 0 Å². The minimum Gasteiger partial charge on any atom is -0.337 e. The molecule has 1 aliphatic heterocycles. The van der Waals surface area contributed by atoms with Gasteiger partial charge in [0.05, 0.1) is 0 Å². The molecule has 0 N–H and O–H groups in total. The van der Waals surface area contributed by atoms with E-state index in [1.807, 2.05) is 0 Å². The van der Waals surface area contributed by atoms with E-state index in [4.69, 9.17) is 0 Å². The first-order valence-electron chi connectivity index (χ1n) is 7.36. The van der Waals surface area contributed by atoms with Crippen molar-refractivity contribution in [2.24, 2.45) is 0 Å². The highest BCUT2D eigenvalue weighted by Crippen LogP contribution is 2.36. The number of rotatable bonds is 1. The van der Waals surface area contributed by atoms with Gasteiger partial charge in [0, 0.05) is 17.9 Å². The number of benzene rings is 3. The summed E-state index contributed by atoms with van der Waals surface area (Å²) in [5.74, 6) is 0. The maximum atomic E-state index is 2.40. The van der Waals surface area contributed by atoms with Gasteiger partial charge in [0.1, 0.15) is 0 Å². The van der Waals surface area contributed by atoms with Crippen LogP contribution in [0.5, 0.6) is 0 Å². The summed E-state index contributed by atoms with van der Waals surface area (Å²) in [4.78, 5) is 2.40. The van der Waals surface area contributed by atoms with Crippen LogP contribution in [-0.4, -0.2) is 6.54 Å². The van der Waals surface area contributed by atoms with Crippen LogP contribution in [-0.2, 0) is 0 Å². The molecular formula is C20H17N. The summed E-state index contributed by atoms with van der Waals surface area (Å²) in [6.45, 7) is 3.15. The molecule has 0 amide bonds. The van der Waals surface area contributed by atoms with E-state index in [1.165, 1.54) is 33.3 Å². The van der Waals surface area contributed by atoms with Crippen molar-refractivity contribution in [3.63, 3.8) is 0 Å². The molecule has 3 aromatic rings. The summed E-state index contributed by atoms with van der Waals surface area (Å²) in [6, 6.07) is 21.6. The van der Waals surface area contributed by atoms with Gasteiger partial charge in [-0.2, -0.15) is 0 Å². The van der Waals surface area contributed by atoms with Crippen LogP contribution in [0.15, 0.2) is 66.7 Å². The molecule has 0 atom stereocenters. The third-order valence-corrected chi connectivity index (χ3v) is 4.27. The molecule has 0 radical (unpaired) electrons. The molecule has 4 rings (SSSR count). The Morgan fingerprint density at radius 2 is 1.62 bits per heavy atom. The van der Waals surface area contributed by atoms with E-state index in [9.17, 15) is 0 Å². The van der Waals surface area contributed by atoms with Gasteiger partial charge in [-0.25, -0.2) is 0 Å². The molecule has 0 spiro atoms. The second-order valence-corrected chi connectivity index (χ2v) is 5.50. The van der Waals surface area contributed by atoms with Crippen LogP contribution in [0.25, 0.3) is 16.8 Å². The lowest BCUT2D eigenvalue weighted by Gasteiger charge is -2.30. The first-order valence-corrected chi connectivity index (χ1v) is 7.36. The van der Waals surface area contributed by atoms with Crippen LogP contribution < -0.4 is 4.90 Å². The normalized spacial score (nSPS) is 13.5. The molecule has 1 nitrogen and oxygen atoms in total. The van der Waals surface area contributed by atoms with Gasteiger partial charge >= 0.3 is 0 Å². The van der Waals surface area contributed by atoms with E-state index in [0.717, 1.165) is 6.54 Å². The van der Waals surface area contributed by atoms with Crippen LogP contribution >= 0.6 is 0 Å². The van der Waals surface area contributed by atoms with Crippen LogP contribution in [0, 0.1) is 6.92 Å². The van der Waals surface area contributed by atoms with E-state index in [2.05, 4.69) is 84.6 Å². The minimum absolute atomic E-state index is 0.927. The Balaban J connectivity index is 1.92. The molecule has 0 saturated carbocycles. The van der Waals surface area contributed by atoms with E-state index in [1.54, 1.807) is 0 Å². The molecule has 0 aliphatic carbocycles. The second kappa shape index (κ2) is 4.78. The highest BCUT2D eigenvalue weighted by Gasteiger charge is 2.16. The Kier molecular flexibility index (Phi) is 2.78. The number of fused-ring (bicyclic) bond motifs is 2. The zero-order chi connectivity index (χ0) is 14.2. The molecule has 1 heterocycles. The van der Waals surface area contributed by atoms with Crippen molar-refractivity contribution in [3.8, 4) is 0 Å². The molecule has 102 valence electrons. The third kappa shape index (κ3) is 1.93. The predicted octanol–water partition coefficient (Wildman–Crippen LogP) is 5.31. The zero-order valence-electron chi connectivity index (χ0n) is 12.1. The lowest BCUT2D eigenvalue weighted by molar-refractivity contribution is 1.07. The first kappa shape index (κ1) is 12.2. The van der Waals surface area contributed by atoms with Gasteiger partial charge in [0.15, 0.2) is 0 Å². The van der Waals surface area contributed by atoms with Gasteiger partial charge in [-0.05, 0) is 41.0 Å². The Morgan fingerprint density at radius 3 is 2.57 bits per heavy atom. The van der Waals surface area contributed by atoms with Crippen molar-refractivity contribution in [2.75, 3.05) is 11.4 Å². The van der Waals surface area contributed by atoms with Gasteiger partial charge < -0.3 is 4.90 Å². The van der Waals surface area contributed by atoms with Gasteiger partial charge in [-0.15, -0.1) is 0 Å². The molecule has 3 aromatic carbocycles. The molecule has 0 aromatic heterocycles. The van der Waals surface area contributed by atoms with Gasteiger partial charge in [-0.1, -0.05) is 60.7 Å². The number of para-hydroxylation sites is 1. The van der Waals surface area contributed by atoms with E-state index in [0.29, 0.717) is 0 Å². The second-order valence-electron chi connectivity index (χ2n) is 5.50. The molecule has 1 heteroatoms. The fraction of sp³-hybridized carbons (Fsp3) is 0.100. The Hall–Kier alpha value is -2.54. The standard InChI is InChI=1S/C20H17N/c1-15-18-10-4-2-7-16(18)12-13-19(15)21-14-6-9-17-8-3-5-11-20(17)21/h2-13H,14H2,1H3. The highest BCUT2D eigenvalue weighted by molar-refractivity contribution is 5.92. The molecule has 21 heavy (non-hydrogen) atoms. The number of anilines is 2. The smallest absolute Gasteiger partial charge is 0.0487 e. The topological polar surface area (TPSA) is 3.24 Å². The lowest BCUT2D eigenvalue weighted by Crippen LogP contribution is -2.21. The summed E-state index contributed by atoms with van der Waals surface area (Å²) in [5.41, 5.74) is 5.22. The zero-order valence-corrected chi connectivity index (χ0v) is 12.1. The Labute approximate surface area is 125 Å². The van der Waals surface area contributed by atoms with Gasteiger partial charge in [0.2, 0.25) is 0 Å². The van der Waals surface area contributed by atoms with Crippen LogP contribution in [0.1, 0.15) is 11.1 Å². The van der Waals surface area contributed by atoms with Crippen LogP contribution in [0.4, 0.5) is 11.4 Å². The van der Waals surface area contributed by atoms with E-state index < -0.39 is 0 Å². The molecular weight excluding hydrogens is 254 g/mol. The predicted molar refractivity (Wildman–Crippen MR) is 91.2 cm³/mol. The monoisotopic (exact) mass is 271 g/mol. The van der Waals surface area contributed by atoms with Crippen molar-refractivity contribution >= 4 is 28.2 Å². The van der Waals surface area contributed by atoms with Crippen LogP contribution in [0.2, 0.25) is 0 Å². The number of nitrogens with zero attached hydrogens (tertiary/aromatic N) is 1. The Bertz CT molecular complexity index is 845. The van der Waals surface area contributed by atoms with Crippen molar-refractivity contribution in [3.05, 3.63) is 77.9 Å². The number of hydrogen-bond acceptors (Lipinski definition) is 1. The summed E-state index contributed by atoms with van der Waals surface area (Å²) in [5, 5.41) is 2.64. The quantitative estimate of drug-likeness (QED) is 0.579. The van der Waals surface area contributed by atoms with Crippen LogP contribution in [0.3, 0.4) is 0 Å². The fourth-order valence-corrected chi connectivity index (χ4v) is 3.19. The largest absolute Gasteiger partial charge is 0.337 e. The van der Waals surface area contributed by atoms with Crippen molar-refractivity contribution < 1.29 is 0 Å². The fourth-order valence-electron chi connectivity index (χ4n) is 3.19. The number of hydrogen-bond donors (Lipinski definition) is 0. The first-order chi connectivity index (χ1) is 10.3. The summed E-state index contributed by atoms with van der Waals surface area (Å²) >= 11 is 0. The van der Waals surface area contributed by atoms with Gasteiger partial charge in [-0.3, -0.25) is 0 Å². The van der Waals surface area contributed by atoms with E-state index in [-0.39, 0.29) is 0 Å². The maximum absolute atomic E-state index is 2.40. The van der Waals surface area contributed by atoms with Crippen molar-refractivity contribution in [1.29, 1.82) is 0 Å². The molecule has 0 fully saturated rings. The highest BCUT2D eigenvalue weighted by atomic mass is 15.1. The SMILES string of the molecule is Cc1c(N2CC=Cc3ccccc32)ccc2ccccc12. The van der Waals surface area contributed by atoms with E-state index >= 15 is 0 Å². The third-order valence-electron chi connectivity index (χ3n) is 4.27. The van der Waals surface area contributed by atoms with Gasteiger partial charge in [0.25, 0.3) is 0 Å². The Morgan fingerprint density at radius 1 is 0.810 bits per heavy atom. The molecule has 0 unspecified atom stereocenters. The molecule has 1 aliphatic rings. The average Bonchev–Trinajstić information content (AvgIpc) is 2.55.